The lowest BCUT2D eigenvalue weighted by molar-refractivity contribution is -0.385. The van der Waals surface area contributed by atoms with E-state index in [2.05, 4.69) is 5.32 Å². The van der Waals surface area contributed by atoms with E-state index in [1.165, 1.54) is 30.3 Å². The third-order valence-electron chi connectivity index (χ3n) is 2.96. The second-order valence-electron chi connectivity index (χ2n) is 4.45. The number of halogens is 3. The van der Waals surface area contributed by atoms with Gasteiger partial charge in [-0.3, -0.25) is 10.1 Å². The van der Waals surface area contributed by atoms with Gasteiger partial charge in [0.05, 0.1) is 22.7 Å². The highest BCUT2D eigenvalue weighted by atomic mass is 35.5. The summed E-state index contributed by atoms with van der Waals surface area (Å²) in [5, 5.41) is 13.6. The van der Waals surface area contributed by atoms with E-state index in [9.17, 15) is 18.9 Å². The number of nitro benzene ring substituents is 1. The molecule has 0 amide bonds. The van der Waals surface area contributed by atoms with Crippen LogP contribution in [0.3, 0.4) is 0 Å². The molecule has 2 rings (SSSR count). The predicted octanol–water partition coefficient (Wildman–Crippen LogP) is 4.70. The zero-order valence-electron chi connectivity index (χ0n) is 10.9. The van der Waals surface area contributed by atoms with Gasteiger partial charge in [0.1, 0.15) is 5.82 Å². The SMILES string of the molecule is CC(Nc1ccc([N+](=O)[O-])cc1F)c1ccc(F)cc1Cl. The summed E-state index contributed by atoms with van der Waals surface area (Å²) in [6.07, 6.45) is 0. The van der Waals surface area contributed by atoms with Crippen LogP contribution in [0.25, 0.3) is 0 Å². The van der Waals surface area contributed by atoms with Crippen molar-refractivity contribution in [3.63, 3.8) is 0 Å². The number of hydrogen-bond donors (Lipinski definition) is 1. The molecule has 2 aromatic carbocycles. The molecule has 0 radical (unpaired) electrons. The van der Waals surface area contributed by atoms with Gasteiger partial charge in [0.15, 0.2) is 5.82 Å². The lowest BCUT2D eigenvalue weighted by Crippen LogP contribution is -2.09. The standard InChI is InChI=1S/C14H11ClF2N2O2/c1-8(11-4-2-9(16)6-12(11)15)18-14-5-3-10(19(20)21)7-13(14)17/h2-8,18H,1H3. The quantitative estimate of drug-likeness (QED) is 0.657. The minimum Gasteiger partial charge on any atom is -0.376 e. The number of hydrogen-bond acceptors (Lipinski definition) is 3. The summed E-state index contributed by atoms with van der Waals surface area (Å²) in [5.41, 5.74) is 0.370. The molecule has 0 saturated carbocycles. The first-order chi connectivity index (χ1) is 9.88. The fourth-order valence-corrected chi connectivity index (χ4v) is 2.23. The first-order valence-corrected chi connectivity index (χ1v) is 6.41. The molecule has 7 heteroatoms. The molecule has 1 atom stereocenters. The smallest absolute Gasteiger partial charge is 0.272 e. The second kappa shape index (κ2) is 6.05. The summed E-state index contributed by atoms with van der Waals surface area (Å²) in [5.74, 6) is -1.20. The molecular formula is C14H11ClF2N2O2. The molecule has 0 aliphatic rings. The van der Waals surface area contributed by atoms with E-state index >= 15 is 0 Å². The van der Waals surface area contributed by atoms with Crippen molar-refractivity contribution in [1.82, 2.24) is 0 Å². The van der Waals surface area contributed by atoms with Gasteiger partial charge in [-0.1, -0.05) is 17.7 Å². The summed E-state index contributed by atoms with van der Waals surface area (Å²) in [6.45, 7) is 1.72. The van der Waals surface area contributed by atoms with Crippen molar-refractivity contribution in [2.24, 2.45) is 0 Å². The maximum atomic E-state index is 13.8. The van der Waals surface area contributed by atoms with Crippen molar-refractivity contribution in [3.8, 4) is 0 Å². The maximum Gasteiger partial charge on any atom is 0.272 e. The third-order valence-corrected chi connectivity index (χ3v) is 3.29. The maximum absolute atomic E-state index is 13.8. The van der Waals surface area contributed by atoms with Crippen molar-refractivity contribution in [2.45, 2.75) is 13.0 Å². The number of nitro groups is 1. The van der Waals surface area contributed by atoms with E-state index in [1.807, 2.05) is 0 Å². The molecule has 0 saturated heterocycles. The van der Waals surface area contributed by atoms with Gasteiger partial charge in [0.2, 0.25) is 0 Å². The molecule has 21 heavy (non-hydrogen) atoms. The van der Waals surface area contributed by atoms with Crippen LogP contribution in [0.15, 0.2) is 36.4 Å². The van der Waals surface area contributed by atoms with Crippen LogP contribution in [0.4, 0.5) is 20.2 Å². The van der Waals surface area contributed by atoms with Crippen LogP contribution in [0.5, 0.6) is 0 Å². The average Bonchev–Trinajstić information content (AvgIpc) is 2.40. The van der Waals surface area contributed by atoms with Crippen LogP contribution in [0, 0.1) is 21.7 Å². The topological polar surface area (TPSA) is 55.2 Å². The van der Waals surface area contributed by atoms with Gasteiger partial charge in [0, 0.05) is 11.1 Å². The van der Waals surface area contributed by atoms with E-state index in [1.54, 1.807) is 6.92 Å². The van der Waals surface area contributed by atoms with Crippen LogP contribution in [-0.4, -0.2) is 4.92 Å². The molecule has 4 nitrogen and oxygen atoms in total. The summed E-state index contributed by atoms with van der Waals surface area (Å²) in [6, 6.07) is 6.84. The monoisotopic (exact) mass is 312 g/mol. The van der Waals surface area contributed by atoms with Crippen LogP contribution < -0.4 is 5.32 Å². The Hall–Kier alpha value is -2.21. The van der Waals surface area contributed by atoms with Crippen molar-refractivity contribution in [2.75, 3.05) is 5.32 Å². The Morgan fingerprint density at radius 1 is 1.24 bits per heavy atom. The molecule has 0 aromatic heterocycles. The molecule has 0 aliphatic heterocycles. The van der Waals surface area contributed by atoms with Gasteiger partial charge < -0.3 is 5.32 Å². The van der Waals surface area contributed by atoms with E-state index < -0.39 is 22.6 Å². The molecule has 2 aromatic rings. The van der Waals surface area contributed by atoms with Gasteiger partial charge in [-0.25, -0.2) is 8.78 Å². The van der Waals surface area contributed by atoms with E-state index in [-0.39, 0.29) is 16.4 Å². The summed E-state index contributed by atoms with van der Waals surface area (Å²) in [7, 11) is 0. The Balaban J connectivity index is 2.23. The van der Waals surface area contributed by atoms with Crippen LogP contribution in [-0.2, 0) is 0 Å². The highest BCUT2D eigenvalue weighted by Gasteiger charge is 2.15. The Morgan fingerprint density at radius 3 is 2.52 bits per heavy atom. The highest BCUT2D eigenvalue weighted by molar-refractivity contribution is 6.31. The zero-order valence-corrected chi connectivity index (χ0v) is 11.7. The minimum atomic E-state index is -0.741. The number of rotatable bonds is 4. The highest BCUT2D eigenvalue weighted by Crippen LogP contribution is 2.28. The molecule has 0 fully saturated rings. The molecular weight excluding hydrogens is 302 g/mol. The van der Waals surface area contributed by atoms with Gasteiger partial charge in [0.25, 0.3) is 5.69 Å². The Kier molecular flexibility index (Phi) is 4.37. The molecule has 0 aliphatic carbocycles. The first-order valence-electron chi connectivity index (χ1n) is 6.04. The first kappa shape index (κ1) is 15.2. The summed E-state index contributed by atoms with van der Waals surface area (Å²) >= 11 is 5.93. The fourth-order valence-electron chi connectivity index (χ4n) is 1.90. The second-order valence-corrected chi connectivity index (χ2v) is 4.86. The molecule has 0 heterocycles. The predicted molar refractivity (Wildman–Crippen MR) is 76.5 cm³/mol. The Bertz CT molecular complexity index is 695. The summed E-state index contributed by atoms with van der Waals surface area (Å²) < 4.78 is 26.8. The molecule has 1 N–H and O–H groups in total. The van der Waals surface area contributed by atoms with Crippen molar-refractivity contribution in [3.05, 3.63) is 68.7 Å². The van der Waals surface area contributed by atoms with Crippen molar-refractivity contribution in [1.29, 1.82) is 0 Å². The molecule has 110 valence electrons. The van der Waals surface area contributed by atoms with Gasteiger partial charge in [-0.05, 0) is 30.7 Å². The van der Waals surface area contributed by atoms with Crippen LogP contribution in [0.2, 0.25) is 5.02 Å². The summed E-state index contributed by atoms with van der Waals surface area (Å²) in [4.78, 5) is 9.88. The molecule has 1 unspecified atom stereocenters. The largest absolute Gasteiger partial charge is 0.376 e. The fraction of sp³-hybridized carbons (Fsp3) is 0.143. The van der Waals surface area contributed by atoms with E-state index in [0.29, 0.717) is 5.56 Å². The van der Waals surface area contributed by atoms with Gasteiger partial charge >= 0.3 is 0 Å². The van der Waals surface area contributed by atoms with Crippen molar-refractivity contribution >= 4 is 23.0 Å². The average molecular weight is 313 g/mol. The van der Waals surface area contributed by atoms with Gasteiger partial charge in [-0.15, -0.1) is 0 Å². The van der Waals surface area contributed by atoms with Crippen molar-refractivity contribution < 1.29 is 13.7 Å². The van der Waals surface area contributed by atoms with E-state index in [4.69, 9.17) is 11.6 Å². The molecule has 0 spiro atoms. The number of non-ortho nitro benzene ring substituents is 1. The Morgan fingerprint density at radius 2 is 1.95 bits per heavy atom. The number of anilines is 1. The van der Waals surface area contributed by atoms with Crippen LogP contribution in [0.1, 0.15) is 18.5 Å². The van der Waals surface area contributed by atoms with Crippen LogP contribution >= 0.6 is 11.6 Å². The Labute approximate surface area is 124 Å². The lowest BCUT2D eigenvalue weighted by Gasteiger charge is -2.17. The normalized spacial score (nSPS) is 12.0. The molecule has 0 bridgehead atoms. The lowest BCUT2D eigenvalue weighted by atomic mass is 10.1. The third kappa shape index (κ3) is 3.46. The minimum absolute atomic E-state index is 0.105. The zero-order chi connectivity index (χ0) is 15.6. The van der Waals surface area contributed by atoms with Gasteiger partial charge in [-0.2, -0.15) is 0 Å². The number of nitrogens with zero attached hydrogens (tertiary/aromatic N) is 1. The number of nitrogens with one attached hydrogen (secondary N) is 1. The van der Waals surface area contributed by atoms with E-state index in [0.717, 1.165) is 6.07 Å². The number of benzene rings is 2.